The summed E-state index contributed by atoms with van der Waals surface area (Å²) in [5.41, 5.74) is 4.67. The lowest BCUT2D eigenvalue weighted by Crippen LogP contribution is -2.25. The van der Waals surface area contributed by atoms with Crippen molar-refractivity contribution in [1.29, 1.82) is 0 Å². The van der Waals surface area contributed by atoms with Crippen LogP contribution in [0.3, 0.4) is 0 Å². The van der Waals surface area contributed by atoms with Crippen LogP contribution in [0.5, 0.6) is 0 Å². The van der Waals surface area contributed by atoms with E-state index in [1.54, 1.807) is 0 Å². The molecule has 17 heavy (non-hydrogen) atoms. The van der Waals surface area contributed by atoms with Gasteiger partial charge >= 0.3 is 5.97 Å². The average molecular weight is 235 g/mol. The number of benzene rings is 1. The van der Waals surface area contributed by atoms with Crippen molar-refractivity contribution in [3.63, 3.8) is 0 Å². The fourth-order valence-electron chi connectivity index (χ4n) is 2.44. The van der Waals surface area contributed by atoms with E-state index in [9.17, 15) is 4.79 Å². The van der Waals surface area contributed by atoms with Crippen molar-refractivity contribution in [2.24, 2.45) is 0 Å². The Hall–Kier alpha value is -1.35. The van der Waals surface area contributed by atoms with Crippen molar-refractivity contribution in [2.45, 2.75) is 40.2 Å². The summed E-state index contributed by atoms with van der Waals surface area (Å²) in [6, 6.07) is 4.11. The lowest BCUT2D eigenvalue weighted by Gasteiger charge is -2.21. The summed E-state index contributed by atoms with van der Waals surface area (Å²) < 4.78 is 0. The third-order valence-electron chi connectivity index (χ3n) is 2.92. The number of hydrogen-bond acceptors (Lipinski definition) is 2. The maximum absolute atomic E-state index is 10.9. The molecule has 0 saturated carbocycles. The molecule has 1 aromatic rings. The number of rotatable bonds is 5. The van der Waals surface area contributed by atoms with Gasteiger partial charge in [0.2, 0.25) is 0 Å². The molecule has 0 amide bonds. The molecule has 0 spiro atoms. The number of carboxylic acid groups (broad SMARTS) is 1. The lowest BCUT2D eigenvalue weighted by atomic mass is 9.92. The first kappa shape index (κ1) is 13.7. The van der Waals surface area contributed by atoms with Crippen molar-refractivity contribution >= 4 is 5.97 Å². The highest BCUT2D eigenvalue weighted by Crippen LogP contribution is 2.25. The lowest BCUT2D eigenvalue weighted by molar-refractivity contribution is -0.137. The van der Waals surface area contributed by atoms with E-state index < -0.39 is 5.97 Å². The first-order valence-electron chi connectivity index (χ1n) is 5.98. The van der Waals surface area contributed by atoms with Gasteiger partial charge < -0.3 is 10.4 Å². The van der Waals surface area contributed by atoms with E-state index in [4.69, 9.17) is 5.11 Å². The first-order chi connectivity index (χ1) is 7.95. The molecule has 1 aromatic carbocycles. The van der Waals surface area contributed by atoms with E-state index in [1.165, 1.54) is 5.56 Å². The van der Waals surface area contributed by atoms with E-state index in [0.29, 0.717) is 0 Å². The highest BCUT2D eigenvalue weighted by molar-refractivity contribution is 5.68. The molecule has 0 bridgehead atoms. The molecule has 0 aliphatic heterocycles. The predicted molar refractivity (Wildman–Crippen MR) is 69.3 cm³/mol. The molecule has 0 fully saturated rings. The molecule has 3 heteroatoms. The van der Waals surface area contributed by atoms with Gasteiger partial charge in [0.05, 0.1) is 6.42 Å². The summed E-state index contributed by atoms with van der Waals surface area (Å²) >= 11 is 0. The van der Waals surface area contributed by atoms with Crippen molar-refractivity contribution in [3.05, 3.63) is 34.4 Å². The average Bonchev–Trinajstić information content (AvgIpc) is 2.14. The van der Waals surface area contributed by atoms with Gasteiger partial charge in [-0.25, -0.2) is 0 Å². The largest absolute Gasteiger partial charge is 0.481 e. The maximum Gasteiger partial charge on any atom is 0.305 e. The monoisotopic (exact) mass is 235 g/mol. The zero-order valence-corrected chi connectivity index (χ0v) is 11.0. The number of hydrogen-bond donors (Lipinski definition) is 2. The van der Waals surface area contributed by atoms with Crippen LogP contribution >= 0.6 is 0 Å². The molecule has 3 nitrogen and oxygen atoms in total. The summed E-state index contributed by atoms with van der Waals surface area (Å²) in [6.45, 7) is 8.91. The summed E-state index contributed by atoms with van der Waals surface area (Å²) in [6.07, 6.45) is 0.124. The highest BCUT2D eigenvalue weighted by atomic mass is 16.4. The van der Waals surface area contributed by atoms with Crippen molar-refractivity contribution in [3.8, 4) is 0 Å². The third kappa shape index (κ3) is 3.56. The van der Waals surface area contributed by atoms with Crippen molar-refractivity contribution in [1.82, 2.24) is 5.32 Å². The van der Waals surface area contributed by atoms with Gasteiger partial charge in [-0.2, -0.15) is 0 Å². The molecule has 0 heterocycles. The Bertz CT molecular complexity index is 390. The minimum atomic E-state index is -0.768. The summed E-state index contributed by atoms with van der Waals surface area (Å²) in [5.74, 6) is -0.768. The van der Waals surface area contributed by atoms with Crippen LogP contribution in [0.4, 0.5) is 0 Å². The van der Waals surface area contributed by atoms with Gasteiger partial charge in [-0.3, -0.25) is 4.79 Å². The van der Waals surface area contributed by atoms with E-state index >= 15 is 0 Å². The van der Waals surface area contributed by atoms with Gasteiger partial charge in [-0.15, -0.1) is 0 Å². The fraction of sp³-hybridized carbons (Fsp3) is 0.500. The van der Waals surface area contributed by atoms with Crippen LogP contribution in [-0.2, 0) is 4.79 Å². The van der Waals surface area contributed by atoms with Gasteiger partial charge in [0.1, 0.15) is 0 Å². The van der Waals surface area contributed by atoms with Crippen LogP contribution in [0.15, 0.2) is 12.1 Å². The van der Waals surface area contributed by atoms with Gasteiger partial charge in [-0.05, 0) is 44.0 Å². The normalized spacial score (nSPS) is 12.5. The Morgan fingerprint density at radius 2 is 1.82 bits per heavy atom. The smallest absolute Gasteiger partial charge is 0.305 e. The second-order valence-electron chi connectivity index (χ2n) is 4.52. The maximum atomic E-state index is 10.9. The van der Waals surface area contributed by atoms with Gasteiger partial charge in [0.15, 0.2) is 0 Å². The standard InChI is InChI=1S/C14H21NO2/c1-5-15-12(8-13(16)17)14-10(3)6-9(2)7-11(14)4/h6-7,12,15H,5,8H2,1-4H3,(H,16,17). The van der Waals surface area contributed by atoms with Gasteiger partial charge in [0, 0.05) is 6.04 Å². The molecular formula is C14H21NO2. The van der Waals surface area contributed by atoms with E-state index in [-0.39, 0.29) is 12.5 Å². The molecule has 0 radical (unpaired) electrons. The molecule has 1 unspecified atom stereocenters. The molecule has 1 atom stereocenters. The Labute approximate surface area is 103 Å². The van der Waals surface area contributed by atoms with E-state index in [0.717, 1.165) is 23.2 Å². The number of aryl methyl sites for hydroxylation is 3. The van der Waals surface area contributed by atoms with Crippen LogP contribution in [0.2, 0.25) is 0 Å². The summed E-state index contributed by atoms with van der Waals surface area (Å²) in [4.78, 5) is 10.9. The molecule has 0 aromatic heterocycles. The zero-order valence-electron chi connectivity index (χ0n) is 11.0. The Morgan fingerprint density at radius 1 is 1.29 bits per heavy atom. The fourth-order valence-corrected chi connectivity index (χ4v) is 2.44. The first-order valence-corrected chi connectivity index (χ1v) is 5.98. The van der Waals surface area contributed by atoms with Gasteiger partial charge in [0.25, 0.3) is 0 Å². The van der Waals surface area contributed by atoms with Crippen molar-refractivity contribution < 1.29 is 9.90 Å². The van der Waals surface area contributed by atoms with E-state index in [1.807, 2.05) is 20.8 Å². The molecule has 0 aliphatic carbocycles. The molecule has 2 N–H and O–H groups in total. The minimum Gasteiger partial charge on any atom is -0.481 e. The van der Waals surface area contributed by atoms with Crippen LogP contribution in [0, 0.1) is 20.8 Å². The number of carboxylic acids is 1. The number of carbonyl (C=O) groups is 1. The number of aliphatic carboxylic acids is 1. The minimum absolute atomic E-state index is 0.0990. The summed E-state index contributed by atoms with van der Waals surface area (Å²) in [7, 11) is 0. The van der Waals surface area contributed by atoms with Crippen molar-refractivity contribution in [2.75, 3.05) is 6.54 Å². The molecule has 0 saturated heterocycles. The number of nitrogens with one attached hydrogen (secondary N) is 1. The Balaban J connectivity index is 3.13. The zero-order chi connectivity index (χ0) is 13.0. The quantitative estimate of drug-likeness (QED) is 0.825. The van der Waals surface area contributed by atoms with Crippen LogP contribution in [0.1, 0.15) is 41.6 Å². The third-order valence-corrected chi connectivity index (χ3v) is 2.92. The second kappa shape index (κ2) is 5.82. The van der Waals surface area contributed by atoms with Gasteiger partial charge in [-0.1, -0.05) is 24.6 Å². The van der Waals surface area contributed by atoms with Crippen LogP contribution < -0.4 is 5.32 Å². The Morgan fingerprint density at radius 3 is 2.24 bits per heavy atom. The second-order valence-corrected chi connectivity index (χ2v) is 4.52. The Kier molecular flexibility index (Phi) is 4.70. The predicted octanol–water partition coefficient (Wildman–Crippen LogP) is 2.74. The molecule has 1 rings (SSSR count). The van der Waals surface area contributed by atoms with E-state index in [2.05, 4.69) is 24.4 Å². The SMILES string of the molecule is CCNC(CC(=O)O)c1c(C)cc(C)cc1C. The molecule has 94 valence electrons. The van der Waals surface area contributed by atoms with Crippen LogP contribution in [-0.4, -0.2) is 17.6 Å². The van der Waals surface area contributed by atoms with Crippen LogP contribution in [0.25, 0.3) is 0 Å². The summed E-state index contributed by atoms with van der Waals surface area (Å²) in [5, 5.41) is 12.2. The molecular weight excluding hydrogens is 214 g/mol. The highest BCUT2D eigenvalue weighted by Gasteiger charge is 2.18. The topological polar surface area (TPSA) is 49.3 Å². The molecule has 0 aliphatic rings.